The molecule has 0 spiro atoms. The van der Waals surface area contributed by atoms with Crippen LogP contribution in [-0.4, -0.2) is 46.4 Å². The fraction of sp³-hybridized carbons (Fsp3) is 0.450. The quantitative estimate of drug-likeness (QED) is 0.829. The number of carbonyl (C=O) groups excluding carboxylic acids is 2. The summed E-state index contributed by atoms with van der Waals surface area (Å²) in [6.45, 7) is 0.935. The number of benzene rings is 1. The highest BCUT2D eigenvalue weighted by molar-refractivity contribution is 5.84. The van der Waals surface area contributed by atoms with Gasteiger partial charge < -0.3 is 14.3 Å². The maximum atomic E-state index is 12.8. The Kier molecular flexibility index (Phi) is 4.49. The zero-order chi connectivity index (χ0) is 18.1. The van der Waals surface area contributed by atoms with Crippen molar-refractivity contribution in [2.75, 3.05) is 13.6 Å². The van der Waals surface area contributed by atoms with E-state index < -0.39 is 0 Å². The summed E-state index contributed by atoms with van der Waals surface area (Å²) in [5.74, 6) is 0.809. The predicted octanol–water partition coefficient (Wildman–Crippen LogP) is 2.70. The number of aromatic nitrogens is 1. The lowest BCUT2D eigenvalue weighted by atomic mass is 9.96. The van der Waals surface area contributed by atoms with Crippen LogP contribution in [0.15, 0.2) is 40.9 Å². The zero-order valence-electron chi connectivity index (χ0n) is 14.9. The van der Waals surface area contributed by atoms with E-state index in [1.54, 1.807) is 11.9 Å². The van der Waals surface area contributed by atoms with Crippen molar-refractivity contribution in [2.45, 2.75) is 38.3 Å². The number of rotatable bonds is 5. The first-order valence-corrected chi connectivity index (χ1v) is 9.17. The van der Waals surface area contributed by atoms with Gasteiger partial charge in [0.25, 0.3) is 0 Å². The Morgan fingerprint density at radius 2 is 2.04 bits per heavy atom. The van der Waals surface area contributed by atoms with Gasteiger partial charge in [-0.1, -0.05) is 35.5 Å². The first kappa shape index (κ1) is 16.8. The lowest BCUT2D eigenvalue weighted by molar-refractivity contribution is -0.143. The van der Waals surface area contributed by atoms with Gasteiger partial charge in [-0.15, -0.1) is 0 Å². The van der Waals surface area contributed by atoms with Crippen molar-refractivity contribution < 1.29 is 14.1 Å². The number of amides is 2. The van der Waals surface area contributed by atoms with E-state index in [9.17, 15) is 9.59 Å². The number of hydrogen-bond acceptors (Lipinski definition) is 4. The Balaban J connectivity index is 1.38. The Morgan fingerprint density at radius 1 is 1.27 bits per heavy atom. The molecular formula is C20H23N3O3. The van der Waals surface area contributed by atoms with Crippen molar-refractivity contribution in [3.63, 3.8) is 0 Å². The first-order chi connectivity index (χ1) is 12.6. The van der Waals surface area contributed by atoms with Gasteiger partial charge in [-0.25, -0.2) is 0 Å². The molecule has 6 heteroatoms. The molecule has 4 rings (SSSR count). The van der Waals surface area contributed by atoms with Gasteiger partial charge in [0.15, 0.2) is 5.76 Å². The SMILES string of the molecule is CN(Cc1cc(-c2ccccc2)no1)C(=O)C1CCC(=O)N(C2CC2)C1. The molecule has 136 valence electrons. The third-order valence-corrected chi connectivity index (χ3v) is 5.18. The lowest BCUT2D eigenvalue weighted by Gasteiger charge is -2.33. The zero-order valence-corrected chi connectivity index (χ0v) is 14.9. The van der Waals surface area contributed by atoms with Crippen LogP contribution in [0.4, 0.5) is 0 Å². The van der Waals surface area contributed by atoms with Gasteiger partial charge in [0, 0.05) is 37.7 Å². The molecule has 6 nitrogen and oxygen atoms in total. The van der Waals surface area contributed by atoms with Crippen LogP contribution in [0.2, 0.25) is 0 Å². The molecule has 1 aliphatic heterocycles. The second-order valence-electron chi connectivity index (χ2n) is 7.25. The van der Waals surface area contributed by atoms with E-state index in [0.717, 1.165) is 24.1 Å². The normalized spacial score (nSPS) is 20.3. The summed E-state index contributed by atoms with van der Waals surface area (Å²) in [4.78, 5) is 28.4. The maximum absolute atomic E-state index is 12.8. The lowest BCUT2D eigenvalue weighted by Crippen LogP contribution is -2.46. The van der Waals surface area contributed by atoms with Crippen LogP contribution in [0.1, 0.15) is 31.4 Å². The number of likely N-dealkylation sites (tertiary alicyclic amines) is 1. The highest BCUT2D eigenvalue weighted by atomic mass is 16.5. The second-order valence-corrected chi connectivity index (χ2v) is 7.25. The third-order valence-electron chi connectivity index (χ3n) is 5.18. The molecule has 1 aliphatic carbocycles. The Bertz CT molecular complexity index is 798. The molecule has 1 aromatic heterocycles. The van der Waals surface area contributed by atoms with Crippen molar-refractivity contribution >= 4 is 11.8 Å². The van der Waals surface area contributed by atoms with E-state index in [-0.39, 0.29) is 17.7 Å². The van der Waals surface area contributed by atoms with E-state index in [4.69, 9.17) is 4.52 Å². The molecular weight excluding hydrogens is 330 g/mol. The van der Waals surface area contributed by atoms with Crippen molar-refractivity contribution in [1.29, 1.82) is 0 Å². The number of carbonyl (C=O) groups is 2. The average molecular weight is 353 g/mol. The van der Waals surface area contributed by atoms with Crippen LogP contribution in [0.5, 0.6) is 0 Å². The molecule has 1 saturated carbocycles. The average Bonchev–Trinajstić information content (AvgIpc) is 3.41. The highest BCUT2D eigenvalue weighted by Gasteiger charge is 2.39. The minimum Gasteiger partial charge on any atom is -0.359 e. The van der Waals surface area contributed by atoms with E-state index in [2.05, 4.69) is 5.16 Å². The number of nitrogens with zero attached hydrogens (tertiary/aromatic N) is 3. The monoisotopic (exact) mass is 353 g/mol. The van der Waals surface area contributed by atoms with Gasteiger partial charge in [0.2, 0.25) is 11.8 Å². The van der Waals surface area contributed by atoms with Gasteiger partial charge in [-0.3, -0.25) is 9.59 Å². The molecule has 2 aromatic rings. The van der Waals surface area contributed by atoms with Crippen LogP contribution in [-0.2, 0) is 16.1 Å². The topological polar surface area (TPSA) is 66.7 Å². The smallest absolute Gasteiger partial charge is 0.227 e. The summed E-state index contributed by atoms with van der Waals surface area (Å²) in [6.07, 6.45) is 3.25. The molecule has 1 aromatic carbocycles. The van der Waals surface area contributed by atoms with Gasteiger partial charge >= 0.3 is 0 Å². The minimum absolute atomic E-state index is 0.0702. The van der Waals surface area contributed by atoms with Gasteiger partial charge in [0.05, 0.1) is 12.5 Å². The summed E-state index contributed by atoms with van der Waals surface area (Å²) in [6, 6.07) is 12.1. The van der Waals surface area contributed by atoms with Gasteiger partial charge in [-0.05, 0) is 19.3 Å². The highest BCUT2D eigenvalue weighted by Crippen LogP contribution is 2.32. The molecule has 1 unspecified atom stereocenters. The molecule has 1 saturated heterocycles. The van der Waals surface area contributed by atoms with Crippen LogP contribution >= 0.6 is 0 Å². The van der Waals surface area contributed by atoms with E-state index in [1.165, 1.54) is 0 Å². The van der Waals surface area contributed by atoms with Crippen LogP contribution in [0.3, 0.4) is 0 Å². The molecule has 2 aliphatic rings. The van der Waals surface area contributed by atoms with Crippen molar-refractivity contribution in [3.05, 3.63) is 42.2 Å². The molecule has 26 heavy (non-hydrogen) atoms. The molecule has 0 radical (unpaired) electrons. The number of hydrogen-bond donors (Lipinski definition) is 0. The number of piperidine rings is 1. The van der Waals surface area contributed by atoms with E-state index in [0.29, 0.717) is 37.7 Å². The second kappa shape index (κ2) is 6.94. The molecule has 2 fully saturated rings. The summed E-state index contributed by atoms with van der Waals surface area (Å²) in [5.41, 5.74) is 1.76. The summed E-state index contributed by atoms with van der Waals surface area (Å²) >= 11 is 0. The van der Waals surface area contributed by atoms with E-state index in [1.807, 2.05) is 41.3 Å². The molecule has 0 N–H and O–H groups in total. The van der Waals surface area contributed by atoms with Crippen LogP contribution in [0.25, 0.3) is 11.3 Å². The predicted molar refractivity (Wildman–Crippen MR) is 95.9 cm³/mol. The van der Waals surface area contributed by atoms with Crippen molar-refractivity contribution in [3.8, 4) is 11.3 Å². The van der Waals surface area contributed by atoms with Gasteiger partial charge in [-0.2, -0.15) is 0 Å². The largest absolute Gasteiger partial charge is 0.359 e. The first-order valence-electron chi connectivity index (χ1n) is 9.17. The van der Waals surface area contributed by atoms with Crippen LogP contribution < -0.4 is 0 Å². The summed E-state index contributed by atoms with van der Waals surface area (Å²) in [5, 5.41) is 4.10. The van der Waals surface area contributed by atoms with E-state index >= 15 is 0 Å². The fourth-order valence-corrected chi connectivity index (χ4v) is 3.57. The summed E-state index contributed by atoms with van der Waals surface area (Å²) < 4.78 is 5.41. The molecule has 1 atom stereocenters. The molecule has 2 amide bonds. The fourth-order valence-electron chi connectivity index (χ4n) is 3.57. The van der Waals surface area contributed by atoms with Crippen LogP contribution in [0, 0.1) is 5.92 Å². The Hall–Kier alpha value is -2.63. The Labute approximate surface area is 152 Å². The standard InChI is InChI=1S/C20H23N3O3/c1-22(13-17-11-18(21-26-17)14-5-3-2-4-6-14)20(25)15-7-10-19(24)23(12-15)16-8-9-16/h2-6,11,15-16H,7-10,12-13H2,1H3. The molecule has 0 bridgehead atoms. The Morgan fingerprint density at radius 3 is 2.77 bits per heavy atom. The van der Waals surface area contributed by atoms with Crippen molar-refractivity contribution in [2.24, 2.45) is 5.92 Å². The summed E-state index contributed by atoms with van der Waals surface area (Å²) in [7, 11) is 1.78. The van der Waals surface area contributed by atoms with Crippen molar-refractivity contribution in [1.82, 2.24) is 15.0 Å². The third kappa shape index (κ3) is 3.49. The molecule has 2 heterocycles. The minimum atomic E-state index is -0.116. The van der Waals surface area contributed by atoms with Gasteiger partial charge in [0.1, 0.15) is 5.69 Å². The maximum Gasteiger partial charge on any atom is 0.227 e.